The number of nitrogens with two attached hydrogens (primary N) is 1. The second kappa shape index (κ2) is 14.0. The number of unbranched alkanes of at least 4 members (excludes halogenated alkanes) is 1. The number of aromatic nitrogens is 7. The molecule has 5 aromatic rings. The smallest absolute Gasteiger partial charge is 0.234 e. The standard InChI is InChI=1S/C18H16N8S.C8H12.C4H10/c1-25-10-14(9-21-25)13-6-12-4-11(2-3-15(12)20-8-13)5-16-22-23-18-26(16)24-17(7-19)27-18;1-2-8-6-4-3-5-7-8;1-3-4-2/h2-4,6,8-10H,5,7,19H2,1H3;1,8H,3-7H2;3-4H2,1-2H3. The quantitative estimate of drug-likeness (QED) is 0.266. The third kappa shape index (κ3) is 7.49. The molecule has 0 aliphatic heterocycles. The molecule has 1 aliphatic carbocycles. The van der Waals surface area contributed by atoms with Gasteiger partial charge in [-0.2, -0.15) is 14.7 Å². The van der Waals surface area contributed by atoms with Crippen molar-refractivity contribution in [3.8, 4) is 23.5 Å². The van der Waals surface area contributed by atoms with Crippen molar-refractivity contribution in [1.29, 1.82) is 0 Å². The summed E-state index contributed by atoms with van der Waals surface area (Å²) in [7, 11) is 1.91. The van der Waals surface area contributed by atoms with Crippen LogP contribution in [0.1, 0.15) is 75.2 Å². The third-order valence-corrected chi connectivity index (χ3v) is 7.68. The predicted molar refractivity (Wildman–Crippen MR) is 159 cm³/mol. The minimum atomic E-state index is 0.409. The number of benzene rings is 1. The van der Waals surface area contributed by atoms with Gasteiger partial charge in [0.2, 0.25) is 4.96 Å². The summed E-state index contributed by atoms with van der Waals surface area (Å²) < 4.78 is 3.57. The van der Waals surface area contributed by atoms with Gasteiger partial charge in [0.25, 0.3) is 0 Å². The van der Waals surface area contributed by atoms with Crippen molar-refractivity contribution in [3.05, 3.63) is 59.3 Å². The maximum atomic E-state index is 5.67. The first-order valence-electron chi connectivity index (χ1n) is 13.8. The molecule has 9 heteroatoms. The Balaban J connectivity index is 0.000000246. The van der Waals surface area contributed by atoms with E-state index in [1.165, 1.54) is 56.3 Å². The molecule has 8 nitrogen and oxygen atoms in total. The Hall–Kier alpha value is -3.61. The zero-order valence-electron chi connectivity index (χ0n) is 23.2. The van der Waals surface area contributed by atoms with Crippen LogP contribution in [-0.2, 0) is 20.0 Å². The van der Waals surface area contributed by atoms with Crippen LogP contribution in [0.5, 0.6) is 0 Å². The second-order valence-electron chi connectivity index (χ2n) is 9.84. The van der Waals surface area contributed by atoms with Gasteiger partial charge in [-0.25, -0.2) is 0 Å². The molecule has 6 rings (SSSR count). The molecule has 204 valence electrons. The molecule has 39 heavy (non-hydrogen) atoms. The largest absolute Gasteiger partial charge is 0.324 e. The lowest BCUT2D eigenvalue weighted by Crippen LogP contribution is -2.02. The van der Waals surface area contributed by atoms with Crippen LogP contribution in [-0.4, -0.2) is 34.6 Å². The first-order chi connectivity index (χ1) is 19.0. The Morgan fingerprint density at radius 3 is 2.49 bits per heavy atom. The SMILES string of the molecule is C#CC1CCCCC1.CCCC.Cn1cc(-c2cnc3ccc(Cc4nnc5sc(CN)nn45)cc3c2)cn1. The number of fused-ring (bicyclic) bond motifs is 2. The van der Waals surface area contributed by atoms with Gasteiger partial charge in [0, 0.05) is 54.8 Å². The van der Waals surface area contributed by atoms with Crippen LogP contribution in [0.4, 0.5) is 0 Å². The van der Waals surface area contributed by atoms with E-state index in [2.05, 4.69) is 63.3 Å². The van der Waals surface area contributed by atoms with E-state index in [4.69, 9.17) is 12.2 Å². The molecule has 1 aliphatic rings. The molecule has 1 saturated carbocycles. The van der Waals surface area contributed by atoms with Crippen molar-refractivity contribution in [2.24, 2.45) is 18.7 Å². The van der Waals surface area contributed by atoms with E-state index >= 15 is 0 Å². The van der Waals surface area contributed by atoms with Gasteiger partial charge >= 0.3 is 0 Å². The lowest BCUT2D eigenvalue weighted by molar-refractivity contribution is 0.430. The summed E-state index contributed by atoms with van der Waals surface area (Å²) >= 11 is 1.47. The number of nitrogens with zero attached hydrogens (tertiary/aromatic N) is 7. The number of terminal acetylenes is 1. The van der Waals surface area contributed by atoms with Gasteiger partial charge in [0.05, 0.1) is 11.7 Å². The van der Waals surface area contributed by atoms with Gasteiger partial charge in [-0.3, -0.25) is 9.67 Å². The van der Waals surface area contributed by atoms with Gasteiger partial charge in [0.15, 0.2) is 5.82 Å². The maximum absolute atomic E-state index is 5.67. The Kier molecular flexibility index (Phi) is 10.2. The molecular weight excluding hydrogens is 504 g/mol. The fourth-order valence-electron chi connectivity index (χ4n) is 4.36. The molecule has 1 aromatic carbocycles. The van der Waals surface area contributed by atoms with Gasteiger partial charge in [-0.15, -0.1) is 22.5 Å². The molecule has 0 radical (unpaired) electrons. The van der Waals surface area contributed by atoms with Gasteiger partial charge in [-0.05, 0) is 36.6 Å². The lowest BCUT2D eigenvalue weighted by atomic mass is 9.90. The van der Waals surface area contributed by atoms with Gasteiger partial charge < -0.3 is 5.73 Å². The van der Waals surface area contributed by atoms with Crippen molar-refractivity contribution in [2.75, 3.05) is 0 Å². The number of pyridine rings is 1. The summed E-state index contributed by atoms with van der Waals surface area (Å²) in [5.74, 6) is 4.22. The first-order valence-corrected chi connectivity index (χ1v) is 14.6. The van der Waals surface area contributed by atoms with Gasteiger partial charge in [0.1, 0.15) is 5.01 Å². The Labute approximate surface area is 234 Å². The van der Waals surface area contributed by atoms with Crippen LogP contribution in [0.15, 0.2) is 42.9 Å². The molecule has 0 atom stereocenters. The molecule has 0 bridgehead atoms. The minimum Gasteiger partial charge on any atom is -0.324 e. The molecular formula is C30H38N8S. The summed E-state index contributed by atoms with van der Waals surface area (Å²) in [6, 6.07) is 8.37. The van der Waals surface area contributed by atoms with Crippen LogP contribution in [0.3, 0.4) is 0 Å². The normalized spacial score (nSPS) is 13.4. The highest BCUT2D eigenvalue weighted by Crippen LogP contribution is 2.24. The molecule has 4 aromatic heterocycles. The summed E-state index contributed by atoms with van der Waals surface area (Å²) in [6.07, 6.45) is 20.9. The maximum Gasteiger partial charge on any atom is 0.234 e. The van der Waals surface area contributed by atoms with Crippen LogP contribution in [0, 0.1) is 18.3 Å². The molecule has 0 unspecified atom stereocenters. The highest BCUT2D eigenvalue weighted by Gasteiger charge is 2.12. The van der Waals surface area contributed by atoms with Crippen LogP contribution < -0.4 is 5.73 Å². The fourth-order valence-corrected chi connectivity index (χ4v) is 5.09. The summed E-state index contributed by atoms with van der Waals surface area (Å²) in [6.45, 7) is 4.77. The van der Waals surface area contributed by atoms with Crippen LogP contribution >= 0.6 is 11.3 Å². The van der Waals surface area contributed by atoms with Crippen LogP contribution in [0.25, 0.3) is 27.0 Å². The van der Waals surface area contributed by atoms with E-state index < -0.39 is 0 Å². The average molecular weight is 543 g/mol. The molecule has 2 N–H and O–H groups in total. The average Bonchev–Trinajstić information content (AvgIpc) is 3.70. The second-order valence-corrected chi connectivity index (χ2v) is 10.9. The van der Waals surface area contributed by atoms with Crippen molar-refractivity contribution in [1.82, 2.24) is 34.6 Å². The lowest BCUT2D eigenvalue weighted by Gasteiger charge is -2.14. The predicted octanol–water partition coefficient (Wildman–Crippen LogP) is 6.19. The number of hydrogen-bond acceptors (Lipinski definition) is 7. The van der Waals surface area contributed by atoms with Crippen molar-refractivity contribution >= 4 is 27.2 Å². The number of aryl methyl sites for hydroxylation is 1. The summed E-state index contributed by atoms with van der Waals surface area (Å²) in [4.78, 5) is 5.34. The summed E-state index contributed by atoms with van der Waals surface area (Å²) in [5.41, 5.74) is 9.85. The van der Waals surface area contributed by atoms with E-state index in [-0.39, 0.29) is 0 Å². The van der Waals surface area contributed by atoms with Crippen molar-refractivity contribution in [3.63, 3.8) is 0 Å². The molecule has 0 saturated heterocycles. The van der Waals surface area contributed by atoms with E-state index in [1.807, 2.05) is 31.7 Å². The van der Waals surface area contributed by atoms with E-state index in [9.17, 15) is 0 Å². The fraction of sp³-hybridized carbons (Fsp3) is 0.433. The summed E-state index contributed by atoms with van der Waals surface area (Å²) in [5, 5.41) is 19.1. The Morgan fingerprint density at radius 2 is 1.85 bits per heavy atom. The number of rotatable bonds is 5. The first kappa shape index (κ1) is 28.4. The monoisotopic (exact) mass is 542 g/mol. The molecule has 1 fully saturated rings. The Bertz CT molecular complexity index is 1520. The molecule has 4 heterocycles. The van der Waals surface area contributed by atoms with Crippen molar-refractivity contribution in [2.45, 2.75) is 71.8 Å². The van der Waals surface area contributed by atoms with E-state index in [0.29, 0.717) is 18.9 Å². The third-order valence-electron chi connectivity index (χ3n) is 6.76. The Morgan fingerprint density at radius 1 is 1.05 bits per heavy atom. The number of hydrogen-bond donors (Lipinski definition) is 1. The van der Waals surface area contributed by atoms with Crippen LogP contribution in [0.2, 0.25) is 0 Å². The zero-order valence-corrected chi connectivity index (χ0v) is 24.0. The van der Waals surface area contributed by atoms with E-state index in [1.54, 1.807) is 9.20 Å². The zero-order chi connectivity index (χ0) is 27.6. The highest BCUT2D eigenvalue weighted by molar-refractivity contribution is 7.16. The molecule has 0 amide bonds. The topological polar surface area (TPSA) is 99.8 Å². The highest BCUT2D eigenvalue weighted by atomic mass is 32.1. The van der Waals surface area contributed by atoms with Crippen molar-refractivity contribution < 1.29 is 0 Å². The molecule has 0 spiro atoms. The van der Waals surface area contributed by atoms with E-state index in [0.717, 1.165) is 43.4 Å². The minimum absolute atomic E-state index is 0.409. The van der Waals surface area contributed by atoms with Gasteiger partial charge in [-0.1, -0.05) is 63.4 Å².